The third-order valence-electron chi connectivity index (χ3n) is 5.89. The van der Waals surface area contributed by atoms with Crippen molar-refractivity contribution in [2.75, 3.05) is 32.6 Å². The molecule has 1 atom stereocenters. The van der Waals surface area contributed by atoms with Crippen molar-refractivity contribution < 1.29 is 24.2 Å². The zero-order valence-electron chi connectivity index (χ0n) is 18.1. The fourth-order valence-electron chi connectivity index (χ4n) is 4.38. The summed E-state index contributed by atoms with van der Waals surface area (Å²) in [7, 11) is 3.13. The first kappa shape index (κ1) is 21.6. The van der Waals surface area contributed by atoms with Crippen molar-refractivity contribution in [1.29, 1.82) is 0 Å². The van der Waals surface area contributed by atoms with Gasteiger partial charge in [-0.2, -0.15) is 0 Å². The topological polar surface area (TPSA) is 88.1 Å². The molecule has 1 aliphatic rings. The van der Waals surface area contributed by atoms with E-state index in [9.17, 15) is 14.7 Å². The number of methoxy groups -OCH3 is 2. The van der Waals surface area contributed by atoms with Gasteiger partial charge < -0.3 is 19.9 Å². The normalized spacial score (nSPS) is 15.8. The number of nitrogens with zero attached hydrogens (tertiary/aromatic N) is 1. The highest BCUT2D eigenvalue weighted by Gasteiger charge is 2.32. The number of aliphatic carboxylic acids is 1. The van der Waals surface area contributed by atoms with E-state index in [0.717, 1.165) is 27.6 Å². The van der Waals surface area contributed by atoms with E-state index in [1.54, 1.807) is 14.2 Å². The van der Waals surface area contributed by atoms with E-state index in [-0.39, 0.29) is 18.9 Å². The van der Waals surface area contributed by atoms with Crippen molar-refractivity contribution in [2.24, 2.45) is 0 Å². The summed E-state index contributed by atoms with van der Waals surface area (Å²) >= 11 is 0. The lowest BCUT2D eigenvalue weighted by molar-refractivity contribution is -0.139. The SMILES string of the molecule is COc1cc2c(cc1OC)C(CC(=O)O)N(CC(=O)Nc1cccc3ccccc13)CC2. The van der Waals surface area contributed by atoms with Gasteiger partial charge in [-0.3, -0.25) is 14.5 Å². The minimum atomic E-state index is -0.919. The molecule has 0 aromatic heterocycles. The van der Waals surface area contributed by atoms with Crippen LogP contribution in [0.3, 0.4) is 0 Å². The predicted molar refractivity (Wildman–Crippen MR) is 122 cm³/mol. The number of ether oxygens (including phenoxy) is 2. The van der Waals surface area contributed by atoms with Crippen molar-refractivity contribution in [3.8, 4) is 11.5 Å². The molecule has 4 rings (SSSR count). The monoisotopic (exact) mass is 434 g/mol. The number of carboxylic acid groups (broad SMARTS) is 1. The Labute approximate surface area is 186 Å². The average molecular weight is 434 g/mol. The Balaban J connectivity index is 1.58. The zero-order chi connectivity index (χ0) is 22.7. The van der Waals surface area contributed by atoms with Gasteiger partial charge in [0.2, 0.25) is 5.91 Å². The summed E-state index contributed by atoms with van der Waals surface area (Å²) in [6, 6.07) is 16.9. The third-order valence-corrected chi connectivity index (χ3v) is 5.89. The molecule has 0 radical (unpaired) electrons. The number of fused-ring (bicyclic) bond motifs is 2. The van der Waals surface area contributed by atoms with Crippen LogP contribution in [0, 0.1) is 0 Å². The molecule has 166 valence electrons. The second kappa shape index (κ2) is 9.28. The maximum Gasteiger partial charge on any atom is 0.305 e. The van der Waals surface area contributed by atoms with Gasteiger partial charge >= 0.3 is 5.97 Å². The fourth-order valence-corrected chi connectivity index (χ4v) is 4.38. The molecule has 1 amide bonds. The smallest absolute Gasteiger partial charge is 0.305 e. The average Bonchev–Trinajstić information content (AvgIpc) is 2.79. The molecule has 3 aromatic rings. The van der Waals surface area contributed by atoms with Crippen LogP contribution in [-0.2, 0) is 16.0 Å². The molecule has 7 heteroatoms. The molecule has 32 heavy (non-hydrogen) atoms. The number of hydrogen-bond acceptors (Lipinski definition) is 5. The minimum Gasteiger partial charge on any atom is -0.493 e. The number of hydrogen-bond donors (Lipinski definition) is 2. The van der Waals surface area contributed by atoms with E-state index in [4.69, 9.17) is 9.47 Å². The quantitative estimate of drug-likeness (QED) is 0.587. The van der Waals surface area contributed by atoms with Crippen LogP contribution in [-0.4, -0.2) is 49.2 Å². The van der Waals surface area contributed by atoms with Crippen LogP contribution < -0.4 is 14.8 Å². The number of benzene rings is 3. The summed E-state index contributed by atoms with van der Waals surface area (Å²) in [5.74, 6) is 0.0592. The Kier molecular flexibility index (Phi) is 6.28. The van der Waals surface area contributed by atoms with Gasteiger partial charge in [-0.05, 0) is 41.1 Å². The standard InChI is InChI=1S/C25H26N2O5/c1-31-22-12-17-10-11-27(21(14-25(29)30)19(17)13-23(22)32-2)15-24(28)26-20-9-5-7-16-6-3-4-8-18(16)20/h3-9,12-13,21H,10-11,14-15H2,1-2H3,(H,26,28)(H,29,30). The number of nitrogens with one attached hydrogen (secondary N) is 1. The lowest BCUT2D eigenvalue weighted by Crippen LogP contribution is -2.41. The maximum atomic E-state index is 12.9. The number of rotatable bonds is 7. The van der Waals surface area contributed by atoms with E-state index < -0.39 is 12.0 Å². The summed E-state index contributed by atoms with van der Waals surface area (Å²) in [5, 5.41) is 14.5. The summed E-state index contributed by atoms with van der Waals surface area (Å²) in [5.41, 5.74) is 2.61. The van der Waals surface area contributed by atoms with Crippen LogP contribution in [0.15, 0.2) is 54.6 Å². The molecule has 7 nitrogen and oxygen atoms in total. The summed E-state index contributed by atoms with van der Waals surface area (Å²) in [6.07, 6.45) is 0.581. The van der Waals surface area contributed by atoms with E-state index in [1.807, 2.05) is 59.5 Å². The van der Waals surface area contributed by atoms with Gasteiger partial charge in [0.25, 0.3) is 0 Å². The molecule has 1 heterocycles. The molecule has 2 N–H and O–H groups in total. The molecule has 0 fully saturated rings. The Hall–Kier alpha value is -3.58. The molecule has 3 aromatic carbocycles. The van der Waals surface area contributed by atoms with Gasteiger partial charge in [0, 0.05) is 23.7 Å². The van der Waals surface area contributed by atoms with Crippen LogP contribution in [0.1, 0.15) is 23.6 Å². The first-order chi connectivity index (χ1) is 15.5. The van der Waals surface area contributed by atoms with E-state index >= 15 is 0 Å². The van der Waals surface area contributed by atoms with Gasteiger partial charge in [0.15, 0.2) is 11.5 Å². The van der Waals surface area contributed by atoms with Crippen LogP contribution in [0.2, 0.25) is 0 Å². The van der Waals surface area contributed by atoms with Gasteiger partial charge in [-0.15, -0.1) is 0 Å². The van der Waals surface area contributed by atoms with Crippen LogP contribution in [0.25, 0.3) is 10.8 Å². The van der Waals surface area contributed by atoms with Crippen molar-refractivity contribution in [1.82, 2.24) is 4.90 Å². The largest absolute Gasteiger partial charge is 0.493 e. The van der Waals surface area contributed by atoms with Gasteiger partial charge in [0.05, 0.1) is 27.2 Å². The minimum absolute atomic E-state index is 0.0922. The fraction of sp³-hybridized carbons (Fsp3) is 0.280. The Morgan fingerprint density at radius 3 is 2.53 bits per heavy atom. The second-order valence-corrected chi connectivity index (χ2v) is 7.82. The Morgan fingerprint density at radius 2 is 1.78 bits per heavy atom. The molecular weight excluding hydrogens is 408 g/mol. The Morgan fingerprint density at radius 1 is 1.06 bits per heavy atom. The first-order valence-corrected chi connectivity index (χ1v) is 10.5. The lowest BCUT2D eigenvalue weighted by Gasteiger charge is -2.36. The van der Waals surface area contributed by atoms with Gasteiger partial charge in [0.1, 0.15) is 0 Å². The van der Waals surface area contributed by atoms with Gasteiger partial charge in [-0.25, -0.2) is 0 Å². The number of amides is 1. The number of carbonyl (C=O) groups is 2. The lowest BCUT2D eigenvalue weighted by atomic mass is 9.90. The second-order valence-electron chi connectivity index (χ2n) is 7.82. The molecule has 0 aliphatic carbocycles. The molecule has 0 saturated carbocycles. The molecule has 0 spiro atoms. The highest BCUT2D eigenvalue weighted by Crippen LogP contribution is 2.39. The molecular formula is C25H26N2O5. The van der Waals surface area contributed by atoms with E-state index in [1.165, 1.54) is 0 Å². The first-order valence-electron chi connectivity index (χ1n) is 10.5. The summed E-state index contributed by atoms with van der Waals surface area (Å²) in [4.78, 5) is 26.5. The van der Waals surface area contributed by atoms with Crippen LogP contribution >= 0.6 is 0 Å². The molecule has 0 bridgehead atoms. The molecule has 0 saturated heterocycles. The predicted octanol–water partition coefficient (Wildman–Crippen LogP) is 3.87. The van der Waals surface area contributed by atoms with Crippen LogP contribution in [0.4, 0.5) is 5.69 Å². The van der Waals surface area contributed by atoms with Crippen LogP contribution in [0.5, 0.6) is 11.5 Å². The van der Waals surface area contributed by atoms with Crippen molar-refractivity contribution in [2.45, 2.75) is 18.9 Å². The van der Waals surface area contributed by atoms with E-state index in [2.05, 4.69) is 5.32 Å². The maximum absolute atomic E-state index is 12.9. The van der Waals surface area contributed by atoms with Crippen molar-refractivity contribution >= 4 is 28.3 Å². The summed E-state index contributed by atoms with van der Waals surface area (Å²) in [6.45, 7) is 0.665. The summed E-state index contributed by atoms with van der Waals surface area (Å²) < 4.78 is 10.8. The Bertz CT molecular complexity index is 1160. The zero-order valence-corrected chi connectivity index (χ0v) is 18.1. The highest BCUT2D eigenvalue weighted by molar-refractivity contribution is 6.02. The van der Waals surface area contributed by atoms with Crippen molar-refractivity contribution in [3.05, 3.63) is 65.7 Å². The molecule has 1 aliphatic heterocycles. The highest BCUT2D eigenvalue weighted by atomic mass is 16.5. The molecule has 1 unspecified atom stereocenters. The number of carbonyl (C=O) groups excluding carboxylic acids is 1. The van der Waals surface area contributed by atoms with Crippen molar-refractivity contribution in [3.63, 3.8) is 0 Å². The van der Waals surface area contributed by atoms with E-state index in [0.29, 0.717) is 24.5 Å². The number of carboxylic acids is 1. The number of anilines is 1. The third kappa shape index (κ3) is 4.38. The van der Waals surface area contributed by atoms with Gasteiger partial charge in [-0.1, -0.05) is 36.4 Å².